The highest BCUT2D eigenvalue weighted by atomic mass is 32.1. The number of thiophene rings is 2. The zero-order chi connectivity index (χ0) is 22.3. The Morgan fingerprint density at radius 2 is 2.34 bits per heavy atom. The molecule has 0 radical (unpaired) electrons. The van der Waals surface area contributed by atoms with Crippen LogP contribution in [0.2, 0.25) is 0 Å². The number of nitrogens with one attached hydrogen (secondary N) is 2. The van der Waals surface area contributed by atoms with Gasteiger partial charge in [0.05, 0.1) is 11.9 Å². The van der Waals surface area contributed by atoms with Crippen LogP contribution in [0.3, 0.4) is 0 Å². The largest absolute Gasteiger partial charge is 0.446 e. The molecule has 1 atom stereocenters. The monoisotopic (exact) mass is 467 g/mol. The maximum absolute atomic E-state index is 12.3. The molecule has 0 spiro atoms. The standard InChI is InChI=1S/C22H21N5O3S2/c23-12-18-17-3-2-16(30-22(29)25-7-9-27-8-6-24-14-27)11-19(17)32-21(18)26-20(28)4-1-15-5-10-31-13-15/h1,4-6,8,10,13-14,16H,2-3,7,9,11H2,(H,25,29)(H,26,28). The van der Waals surface area contributed by atoms with Crippen LogP contribution in [0.15, 0.2) is 41.6 Å². The second kappa shape index (κ2) is 10.3. The third-order valence-electron chi connectivity index (χ3n) is 5.01. The number of nitriles is 1. The quantitative estimate of drug-likeness (QED) is 0.514. The van der Waals surface area contributed by atoms with Gasteiger partial charge in [0.1, 0.15) is 17.2 Å². The molecule has 0 saturated carbocycles. The van der Waals surface area contributed by atoms with Gasteiger partial charge in [0.15, 0.2) is 0 Å². The molecule has 2 N–H and O–H groups in total. The Morgan fingerprint density at radius 1 is 1.44 bits per heavy atom. The lowest BCUT2D eigenvalue weighted by Gasteiger charge is -2.22. The van der Waals surface area contributed by atoms with Gasteiger partial charge in [-0.3, -0.25) is 4.79 Å². The summed E-state index contributed by atoms with van der Waals surface area (Å²) < 4.78 is 7.43. The van der Waals surface area contributed by atoms with E-state index in [2.05, 4.69) is 21.7 Å². The molecule has 164 valence electrons. The zero-order valence-corrected chi connectivity index (χ0v) is 18.7. The summed E-state index contributed by atoms with van der Waals surface area (Å²) in [4.78, 5) is 29.4. The number of rotatable bonds is 7. The van der Waals surface area contributed by atoms with E-state index in [-0.39, 0.29) is 12.0 Å². The molecule has 8 nitrogen and oxygen atoms in total. The van der Waals surface area contributed by atoms with Gasteiger partial charge >= 0.3 is 6.09 Å². The van der Waals surface area contributed by atoms with Gasteiger partial charge in [0.25, 0.3) is 0 Å². The molecule has 3 aromatic rings. The fraction of sp³-hybridized carbons (Fsp3) is 0.273. The first-order valence-electron chi connectivity index (χ1n) is 10.1. The van der Waals surface area contributed by atoms with Crippen LogP contribution in [0.5, 0.6) is 0 Å². The second-order valence-electron chi connectivity index (χ2n) is 7.20. The van der Waals surface area contributed by atoms with Gasteiger partial charge in [0, 0.05) is 42.9 Å². The van der Waals surface area contributed by atoms with Crippen molar-refractivity contribution in [2.45, 2.75) is 31.9 Å². The number of alkyl carbamates (subject to hydrolysis) is 1. The Balaban J connectivity index is 1.33. The van der Waals surface area contributed by atoms with Crippen molar-refractivity contribution in [3.63, 3.8) is 0 Å². The summed E-state index contributed by atoms with van der Waals surface area (Å²) in [5.41, 5.74) is 2.40. The van der Waals surface area contributed by atoms with Crippen molar-refractivity contribution in [1.29, 1.82) is 5.26 Å². The predicted molar refractivity (Wildman–Crippen MR) is 124 cm³/mol. The van der Waals surface area contributed by atoms with E-state index in [0.717, 1.165) is 16.0 Å². The molecule has 3 heterocycles. The molecule has 0 bridgehead atoms. The van der Waals surface area contributed by atoms with Crippen molar-refractivity contribution < 1.29 is 14.3 Å². The fourth-order valence-corrected chi connectivity index (χ4v) is 5.35. The van der Waals surface area contributed by atoms with Crippen molar-refractivity contribution in [2.75, 3.05) is 11.9 Å². The van der Waals surface area contributed by atoms with Crippen LogP contribution in [0.4, 0.5) is 9.80 Å². The van der Waals surface area contributed by atoms with Gasteiger partial charge in [-0.15, -0.1) is 11.3 Å². The molecule has 0 fully saturated rings. The van der Waals surface area contributed by atoms with Crippen molar-refractivity contribution in [3.8, 4) is 6.07 Å². The third-order valence-corrected chi connectivity index (χ3v) is 6.88. The molecule has 0 aromatic carbocycles. The van der Waals surface area contributed by atoms with Crippen LogP contribution >= 0.6 is 22.7 Å². The average Bonchev–Trinajstić information content (AvgIpc) is 3.53. The summed E-state index contributed by atoms with van der Waals surface area (Å²) in [5, 5.41) is 19.6. The van der Waals surface area contributed by atoms with E-state index in [1.54, 1.807) is 29.9 Å². The number of fused-ring (bicyclic) bond motifs is 1. The molecule has 0 aliphatic heterocycles. The minimum Gasteiger partial charge on any atom is -0.446 e. The maximum atomic E-state index is 12.3. The lowest BCUT2D eigenvalue weighted by atomic mass is 9.94. The number of anilines is 1. The van der Waals surface area contributed by atoms with E-state index < -0.39 is 6.09 Å². The lowest BCUT2D eigenvalue weighted by Crippen LogP contribution is -2.33. The zero-order valence-electron chi connectivity index (χ0n) is 17.1. The molecular formula is C22H21N5O3S2. The van der Waals surface area contributed by atoms with Gasteiger partial charge in [-0.2, -0.15) is 16.6 Å². The molecule has 1 aliphatic rings. The van der Waals surface area contributed by atoms with Crippen LogP contribution in [-0.2, 0) is 28.9 Å². The second-order valence-corrected chi connectivity index (χ2v) is 9.08. The summed E-state index contributed by atoms with van der Waals surface area (Å²) >= 11 is 2.94. The summed E-state index contributed by atoms with van der Waals surface area (Å²) in [6.45, 7) is 1.06. The van der Waals surface area contributed by atoms with E-state index in [1.807, 2.05) is 27.6 Å². The van der Waals surface area contributed by atoms with E-state index in [4.69, 9.17) is 4.74 Å². The maximum Gasteiger partial charge on any atom is 0.407 e. The first-order chi connectivity index (χ1) is 15.6. The highest BCUT2D eigenvalue weighted by Crippen LogP contribution is 2.38. The molecule has 1 unspecified atom stereocenters. The van der Waals surface area contributed by atoms with Crippen molar-refractivity contribution >= 4 is 45.8 Å². The molecule has 10 heteroatoms. The average molecular weight is 468 g/mol. The van der Waals surface area contributed by atoms with Gasteiger partial charge in [-0.05, 0) is 46.9 Å². The minimum absolute atomic E-state index is 0.261. The lowest BCUT2D eigenvalue weighted by molar-refractivity contribution is -0.111. The highest BCUT2D eigenvalue weighted by Gasteiger charge is 2.28. The Morgan fingerprint density at radius 3 is 3.09 bits per heavy atom. The van der Waals surface area contributed by atoms with E-state index in [1.165, 1.54) is 17.4 Å². The van der Waals surface area contributed by atoms with Crippen LogP contribution in [-0.4, -0.2) is 34.2 Å². The van der Waals surface area contributed by atoms with Crippen LogP contribution < -0.4 is 10.6 Å². The summed E-state index contributed by atoms with van der Waals surface area (Å²) in [6, 6.07) is 4.14. The summed E-state index contributed by atoms with van der Waals surface area (Å²) in [5.74, 6) is -0.281. The van der Waals surface area contributed by atoms with Crippen molar-refractivity contribution in [2.24, 2.45) is 0 Å². The molecular weight excluding hydrogens is 446 g/mol. The normalized spacial score (nSPS) is 15.2. The number of ether oxygens (including phenoxy) is 1. The fourth-order valence-electron chi connectivity index (χ4n) is 3.46. The van der Waals surface area contributed by atoms with Crippen molar-refractivity contribution in [3.05, 3.63) is 63.2 Å². The van der Waals surface area contributed by atoms with E-state index in [9.17, 15) is 14.9 Å². The van der Waals surface area contributed by atoms with Gasteiger partial charge in [0.2, 0.25) is 5.91 Å². The molecule has 3 aromatic heterocycles. The summed E-state index contributed by atoms with van der Waals surface area (Å²) in [7, 11) is 0. The van der Waals surface area contributed by atoms with E-state index >= 15 is 0 Å². The first-order valence-corrected chi connectivity index (χ1v) is 11.8. The molecule has 0 saturated heterocycles. The number of carbonyl (C=O) groups excluding carboxylic acids is 2. The number of aromatic nitrogens is 2. The van der Waals surface area contributed by atoms with Crippen LogP contribution in [0, 0.1) is 11.3 Å². The first kappa shape index (κ1) is 21.8. The van der Waals surface area contributed by atoms with Gasteiger partial charge < -0.3 is 19.9 Å². The third kappa shape index (κ3) is 5.43. The smallest absolute Gasteiger partial charge is 0.407 e. The van der Waals surface area contributed by atoms with Crippen molar-refractivity contribution in [1.82, 2.24) is 14.9 Å². The number of imidazole rings is 1. The van der Waals surface area contributed by atoms with Crippen LogP contribution in [0.25, 0.3) is 6.08 Å². The molecule has 32 heavy (non-hydrogen) atoms. The molecule has 4 rings (SSSR count). The number of nitrogens with zero attached hydrogens (tertiary/aromatic N) is 3. The number of hydrogen-bond acceptors (Lipinski definition) is 7. The van der Waals surface area contributed by atoms with Gasteiger partial charge in [-0.1, -0.05) is 0 Å². The Hall–Kier alpha value is -3.42. The summed E-state index contributed by atoms with van der Waals surface area (Å²) in [6.07, 6.45) is 9.48. The Kier molecular flexibility index (Phi) is 6.99. The number of hydrogen-bond donors (Lipinski definition) is 2. The minimum atomic E-state index is -0.456. The molecule has 1 aliphatic carbocycles. The number of amides is 2. The van der Waals surface area contributed by atoms with Crippen LogP contribution in [0.1, 0.15) is 28.0 Å². The SMILES string of the molecule is N#Cc1c(NC(=O)C=Cc2ccsc2)sc2c1CCC(OC(=O)NCCn1ccnc1)C2. The Bertz CT molecular complexity index is 1140. The van der Waals surface area contributed by atoms with Gasteiger partial charge in [-0.25, -0.2) is 9.78 Å². The predicted octanol–water partition coefficient (Wildman–Crippen LogP) is 3.81. The number of carbonyl (C=O) groups is 2. The topological polar surface area (TPSA) is 109 Å². The van der Waals surface area contributed by atoms with E-state index in [0.29, 0.717) is 42.9 Å². The Labute approximate surface area is 193 Å². The molecule has 2 amide bonds. The highest BCUT2D eigenvalue weighted by molar-refractivity contribution is 7.16.